The molecule has 0 spiro atoms. The SMILES string of the molecule is CN1CCCc2cc(NC(=O)NC[C@](C)(O)c3cccs3)ccc21. The maximum atomic E-state index is 12.1. The van der Waals surface area contributed by atoms with E-state index in [0.29, 0.717) is 0 Å². The molecule has 2 aromatic rings. The number of thiophene rings is 1. The zero-order valence-electron chi connectivity index (χ0n) is 14.0. The number of hydrogen-bond donors (Lipinski definition) is 3. The van der Waals surface area contributed by atoms with Crippen molar-refractivity contribution in [2.75, 3.05) is 30.4 Å². The molecule has 128 valence electrons. The second-order valence-electron chi connectivity index (χ2n) is 6.43. The van der Waals surface area contributed by atoms with Crippen LogP contribution in [0.25, 0.3) is 0 Å². The summed E-state index contributed by atoms with van der Waals surface area (Å²) in [6, 6.07) is 9.44. The number of carbonyl (C=O) groups is 1. The third kappa shape index (κ3) is 3.71. The number of nitrogens with zero attached hydrogens (tertiary/aromatic N) is 1. The summed E-state index contributed by atoms with van der Waals surface area (Å²) in [6.07, 6.45) is 2.16. The summed E-state index contributed by atoms with van der Waals surface area (Å²) in [7, 11) is 2.09. The van der Waals surface area contributed by atoms with Gasteiger partial charge in [-0.15, -0.1) is 11.3 Å². The molecule has 0 aliphatic carbocycles. The van der Waals surface area contributed by atoms with Gasteiger partial charge in [-0.1, -0.05) is 6.07 Å². The van der Waals surface area contributed by atoms with E-state index in [0.717, 1.165) is 30.0 Å². The Morgan fingerprint density at radius 3 is 3.00 bits per heavy atom. The van der Waals surface area contributed by atoms with E-state index >= 15 is 0 Å². The summed E-state index contributed by atoms with van der Waals surface area (Å²) in [6.45, 7) is 2.93. The number of aliphatic hydroxyl groups is 1. The first-order chi connectivity index (χ1) is 11.5. The quantitative estimate of drug-likeness (QED) is 0.797. The van der Waals surface area contributed by atoms with Crippen molar-refractivity contribution >= 4 is 28.7 Å². The van der Waals surface area contributed by atoms with E-state index in [1.807, 2.05) is 35.7 Å². The summed E-state index contributed by atoms with van der Waals surface area (Å²) in [5, 5.41) is 17.9. The lowest BCUT2D eigenvalue weighted by molar-refractivity contribution is 0.0637. The van der Waals surface area contributed by atoms with Crippen molar-refractivity contribution in [2.24, 2.45) is 0 Å². The maximum Gasteiger partial charge on any atom is 0.319 e. The smallest absolute Gasteiger partial charge is 0.319 e. The van der Waals surface area contributed by atoms with E-state index in [4.69, 9.17) is 0 Å². The Labute approximate surface area is 146 Å². The molecule has 1 aliphatic rings. The summed E-state index contributed by atoms with van der Waals surface area (Å²) in [4.78, 5) is 15.2. The highest BCUT2D eigenvalue weighted by Crippen LogP contribution is 2.28. The standard InChI is InChI=1S/C18H23N3O2S/c1-18(23,16-6-4-10-24-16)12-19-17(22)20-14-7-8-15-13(11-14)5-3-9-21(15)2/h4,6-8,10-11,23H,3,5,9,12H2,1-2H3,(H2,19,20,22)/t18-/m0/s1. The van der Waals surface area contributed by atoms with Crippen molar-refractivity contribution in [1.29, 1.82) is 0 Å². The van der Waals surface area contributed by atoms with E-state index in [-0.39, 0.29) is 12.6 Å². The summed E-state index contributed by atoms with van der Waals surface area (Å²) in [5.41, 5.74) is 2.20. The first-order valence-corrected chi connectivity index (χ1v) is 8.99. The number of amides is 2. The predicted octanol–water partition coefficient (Wildman–Crippen LogP) is 3.16. The van der Waals surface area contributed by atoms with Crippen molar-refractivity contribution in [3.63, 3.8) is 0 Å². The van der Waals surface area contributed by atoms with E-state index in [9.17, 15) is 9.90 Å². The molecule has 0 radical (unpaired) electrons. The van der Waals surface area contributed by atoms with E-state index in [2.05, 4.69) is 22.6 Å². The van der Waals surface area contributed by atoms with Crippen LogP contribution in [0.5, 0.6) is 0 Å². The first-order valence-electron chi connectivity index (χ1n) is 8.11. The third-order valence-electron chi connectivity index (χ3n) is 4.33. The van der Waals surface area contributed by atoms with Gasteiger partial charge in [-0.2, -0.15) is 0 Å². The Morgan fingerprint density at radius 1 is 1.42 bits per heavy atom. The molecule has 1 aromatic carbocycles. The average molecular weight is 345 g/mol. The molecule has 6 heteroatoms. The number of anilines is 2. The van der Waals surface area contributed by atoms with Crippen molar-refractivity contribution in [1.82, 2.24) is 5.32 Å². The maximum absolute atomic E-state index is 12.1. The second kappa shape index (κ2) is 6.83. The highest BCUT2D eigenvalue weighted by molar-refractivity contribution is 7.10. The molecule has 0 unspecified atom stereocenters. The third-order valence-corrected chi connectivity index (χ3v) is 5.46. The highest BCUT2D eigenvalue weighted by atomic mass is 32.1. The largest absolute Gasteiger partial charge is 0.383 e. The van der Waals surface area contributed by atoms with Crippen LogP contribution < -0.4 is 15.5 Å². The van der Waals surface area contributed by atoms with E-state index < -0.39 is 5.60 Å². The van der Waals surface area contributed by atoms with Crippen LogP contribution in [0, 0.1) is 0 Å². The van der Waals surface area contributed by atoms with Crippen LogP contribution in [-0.4, -0.2) is 31.3 Å². The van der Waals surface area contributed by atoms with Gasteiger partial charge in [-0.05, 0) is 55.0 Å². The van der Waals surface area contributed by atoms with Crippen molar-refractivity contribution in [2.45, 2.75) is 25.4 Å². The molecule has 0 saturated heterocycles. The zero-order chi connectivity index (χ0) is 17.2. The van der Waals surface area contributed by atoms with Gasteiger partial charge >= 0.3 is 6.03 Å². The van der Waals surface area contributed by atoms with E-state index in [1.165, 1.54) is 22.6 Å². The number of nitrogens with one attached hydrogen (secondary N) is 2. The molecule has 1 aliphatic heterocycles. The topological polar surface area (TPSA) is 64.6 Å². The number of hydrogen-bond acceptors (Lipinski definition) is 4. The Hall–Kier alpha value is -2.05. The Balaban J connectivity index is 1.59. The zero-order valence-corrected chi connectivity index (χ0v) is 14.8. The number of benzene rings is 1. The van der Waals surface area contributed by atoms with Crippen LogP contribution in [-0.2, 0) is 12.0 Å². The number of carbonyl (C=O) groups excluding carboxylic acids is 1. The Bertz CT molecular complexity index is 713. The lowest BCUT2D eigenvalue weighted by Crippen LogP contribution is -2.40. The summed E-state index contributed by atoms with van der Waals surface area (Å²) >= 11 is 1.47. The summed E-state index contributed by atoms with van der Waals surface area (Å²) in [5.74, 6) is 0. The molecule has 0 bridgehead atoms. The Morgan fingerprint density at radius 2 is 2.25 bits per heavy atom. The van der Waals surface area contributed by atoms with Crippen LogP contribution in [0.3, 0.4) is 0 Å². The van der Waals surface area contributed by atoms with Gasteiger partial charge in [0.25, 0.3) is 0 Å². The predicted molar refractivity (Wildman–Crippen MR) is 98.9 cm³/mol. The molecule has 2 heterocycles. The minimum Gasteiger partial charge on any atom is -0.383 e. The molecule has 0 fully saturated rings. The molecule has 5 nitrogen and oxygen atoms in total. The van der Waals surface area contributed by atoms with Crippen molar-refractivity contribution in [3.8, 4) is 0 Å². The van der Waals surface area contributed by atoms with Gasteiger partial charge in [0, 0.05) is 29.8 Å². The molecule has 1 atom stereocenters. The molecule has 3 rings (SSSR count). The monoisotopic (exact) mass is 345 g/mol. The fourth-order valence-corrected chi connectivity index (χ4v) is 3.75. The van der Waals surface area contributed by atoms with Crippen LogP contribution in [0.15, 0.2) is 35.7 Å². The Kier molecular flexibility index (Phi) is 4.78. The molecule has 0 saturated carbocycles. The lowest BCUT2D eigenvalue weighted by Gasteiger charge is -2.28. The molecule has 3 N–H and O–H groups in total. The van der Waals surface area contributed by atoms with Crippen LogP contribution in [0.1, 0.15) is 23.8 Å². The van der Waals surface area contributed by atoms with Crippen LogP contribution in [0.4, 0.5) is 16.2 Å². The van der Waals surface area contributed by atoms with Gasteiger partial charge in [-0.3, -0.25) is 0 Å². The van der Waals surface area contributed by atoms with Gasteiger partial charge in [0.1, 0.15) is 5.60 Å². The van der Waals surface area contributed by atoms with Gasteiger partial charge in [-0.25, -0.2) is 4.79 Å². The fraction of sp³-hybridized carbons (Fsp3) is 0.389. The average Bonchev–Trinajstić information content (AvgIpc) is 3.09. The first kappa shape index (κ1) is 16.8. The van der Waals surface area contributed by atoms with Crippen LogP contribution >= 0.6 is 11.3 Å². The van der Waals surface area contributed by atoms with Crippen molar-refractivity contribution < 1.29 is 9.90 Å². The van der Waals surface area contributed by atoms with Crippen molar-refractivity contribution in [3.05, 3.63) is 46.2 Å². The lowest BCUT2D eigenvalue weighted by atomic mass is 10.0. The minimum absolute atomic E-state index is 0.160. The van der Waals surface area contributed by atoms with Gasteiger partial charge in [0.2, 0.25) is 0 Å². The molecular formula is C18H23N3O2S. The number of urea groups is 1. The minimum atomic E-state index is -1.07. The summed E-state index contributed by atoms with van der Waals surface area (Å²) < 4.78 is 0. The fourth-order valence-electron chi connectivity index (χ4n) is 2.96. The normalized spacial score (nSPS) is 16.2. The number of fused-ring (bicyclic) bond motifs is 1. The van der Waals surface area contributed by atoms with Gasteiger partial charge in [0.15, 0.2) is 0 Å². The molecular weight excluding hydrogens is 322 g/mol. The number of rotatable bonds is 4. The van der Waals surface area contributed by atoms with Gasteiger partial charge < -0.3 is 20.6 Å². The highest BCUT2D eigenvalue weighted by Gasteiger charge is 2.25. The number of aryl methyl sites for hydroxylation is 1. The van der Waals surface area contributed by atoms with E-state index in [1.54, 1.807) is 6.92 Å². The second-order valence-corrected chi connectivity index (χ2v) is 7.38. The van der Waals surface area contributed by atoms with Crippen LogP contribution in [0.2, 0.25) is 0 Å². The molecule has 1 aromatic heterocycles. The van der Waals surface area contributed by atoms with Gasteiger partial charge in [0.05, 0.1) is 6.54 Å². The molecule has 24 heavy (non-hydrogen) atoms. The molecule has 2 amide bonds.